The predicted octanol–water partition coefficient (Wildman–Crippen LogP) is 3.83. The quantitative estimate of drug-likeness (QED) is 0.770. The van der Waals surface area contributed by atoms with Crippen molar-refractivity contribution >= 4 is 12.6 Å². The molecule has 1 aromatic rings. The highest BCUT2D eigenvalue weighted by molar-refractivity contribution is 6.62. The Kier molecular flexibility index (Phi) is 5.07. The van der Waals surface area contributed by atoms with Crippen LogP contribution < -0.4 is 10.2 Å². The summed E-state index contributed by atoms with van der Waals surface area (Å²) in [6.45, 7) is 11.4. The van der Waals surface area contributed by atoms with Gasteiger partial charge in [0.1, 0.15) is 0 Å². The second kappa shape index (κ2) is 6.40. The summed E-state index contributed by atoms with van der Waals surface area (Å²) in [5, 5.41) is 0. The molecular formula is C17H25BF2O3. The molecule has 3 nitrogen and oxygen atoms in total. The van der Waals surface area contributed by atoms with E-state index in [9.17, 15) is 8.78 Å². The number of hydrogen-bond donors (Lipinski definition) is 0. The normalized spacial score (nSPS) is 20.6. The standard InChI is InChI=1S/C17H25BF2O3/c1-7-8-11(2)21-15-13(19)9-12(10-14(15)20)18-22-16(3,4)17(5,6)23-18/h9-11H,7-8H2,1-6H3/t11-/m0/s1. The van der Waals surface area contributed by atoms with Gasteiger partial charge >= 0.3 is 7.12 Å². The summed E-state index contributed by atoms with van der Waals surface area (Å²) in [6.07, 6.45) is 1.38. The summed E-state index contributed by atoms with van der Waals surface area (Å²) in [7, 11) is -0.800. The lowest BCUT2D eigenvalue weighted by molar-refractivity contribution is 0.00578. The molecule has 0 aromatic heterocycles. The van der Waals surface area contributed by atoms with Crippen LogP contribution in [0.5, 0.6) is 5.75 Å². The lowest BCUT2D eigenvalue weighted by Gasteiger charge is -2.32. The number of halogens is 2. The zero-order chi connectivity index (χ0) is 17.4. The Labute approximate surface area is 137 Å². The molecule has 0 saturated carbocycles. The van der Waals surface area contributed by atoms with E-state index in [1.165, 1.54) is 12.1 Å². The van der Waals surface area contributed by atoms with E-state index in [1.54, 1.807) is 6.92 Å². The molecule has 1 heterocycles. The lowest BCUT2D eigenvalue weighted by atomic mass is 9.79. The van der Waals surface area contributed by atoms with Gasteiger partial charge in [-0.25, -0.2) is 8.78 Å². The molecule has 1 atom stereocenters. The highest BCUT2D eigenvalue weighted by Gasteiger charge is 2.52. The third kappa shape index (κ3) is 3.69. The topological polar surface area (TPSA) is 27.7 Å². The summed E-state index contributed by atoms with van der Waals surface area (Å²) in [5.41, 5.74) is -0.806. The Bertz CT molecular complexity index is 536. The summed E-state index contributed by atoms with van der Waals surface area (Å²) in [5.74, 6) is -1.82. The van der Waals surface area contributed by atoms with Crippen molar-refractivity contribution in [3.05, 3.63) is 23.8 Å². The Morgan fingerprint density at radius 3 is 2.00 bits per heavy atom. The smallest absolute Gasteiger partial charge is 0.485 e. The monoisotopic (exact) mass is 326 g/mol. The second-order valence-electron chi connectivity index (χ2n) is 7.12. The molecule has 0 bridgehead atoms. The van der Waals surface area contributed by atoms with Crippen LogP contribution in [0.2, 0.25) is 0 Å². The van der Waals surface area contributed by atoms with Crippen LogP contribution in [0.1, 0.15) is 54.4 Å². The second-order valence-corrected chi connectivity index (χ2v) is 7.12. The third-order valence-corrected chi connectivity index (χ3v) is 4.56. The van der Waals surface area contributed by atoms with Crippen LogP contribution in [-0.2, 0) is 9.31 Å². The van der Waals surface area contributed by atoms with Gasteiger partial charge in [0.05, 0.1) is 17.3 Å². The number of benzene rings is 1. The van der Waals surface area contributed by atoms with Gasteiger partial charge in [-0.3, -0.25) is 0 Å². The molecule has 0 radical (unpaired) electrons. The summed E-state index contributed by atoms with van der Waals surface area (Å²) in [4.78, 5) is 0. The maximum atomic E-state index is 14.3. The highest BCUT2D eigenvalue weighted by Crippen LogP contribution is 2.37. The molecule has 1 saturated heterocycles. The zero-order valence-electron chi connectivity index (χ0n) is 14.7. The van der Waals surface area contributed by atoms with Gasteiger partial charge in [-0.2, -0.15) is 0 Å². The third-order valence-electron chi connectivity index (χ3n) is 4.56. The predicted molar refractivity (Wildman–Crippen MR) is 87.1 cm³/mol. The minimum absolute atomic E-state index is 0.244. The summed E-state index contributed by atoms with van der Waals surface area (Å²) in [6, 6.07) is 2.44. The van der Waals surface area contributed by atoms with E-state index in [0.29, 0.717) is 5.46 Å². The molecule has 0 N–H and O–H groups in total. The van der Waals surface area contributed by atoms with E-state index < -0.39 is 30.0 Å². The average molecular weight is 326 g/mol. The maximum absolute atomic E-state index is 14.3. The molecular weight excluding hydrogens is 301 g/mol. The van der Waals surface area contributed by atoms with Crippen LogP contribution in [0.3, 0.4) is 0 Å². The Morgan fingerprint density at radius 2 is 1.57 bits per heavy atom. The van der Waals surface area contributed by atoms with Gasteiger partial charge in [-0.05, 0) is 58.6 Å². The molecule has 0 unspecified atom stereocenters. The van der Waals surface area contributed by atoms with E-state index >= 15 is 0 Å². The van der Waals surface area contributed by atoms with Crippen LogP contribution >= 0.6 is 0 Å². The molecule has 128 valence electrons. The van der Waals surface area contributed by atoms with Crippen molar-refractivity contribution in [3.8, 4) is 5.75 Å². The molecule has 0 amide bonds. The summed E-state index contributed by atoms with van der Waals surface area (Å²) >= 11 is 0. The van der Waals surface area contributed by atoms with Gasteiger partial charge in [-0.15, -0.1) is 0 Å². The van der Waals surface area contributed by atoms with Gasteiger partial charge < -0.3 is 14.0 Å². The average Bonchev–Trinajstić information content (AvgIpc) is 2.63. The fraction of sp³-hybridized carbons (Fsp3) is 0.647. The fourth-order valence-corrected chi connectivity index (χ4v) is 2.47. The Morgan fingerprint density at radius 1 is 1.09 bits per heavy atom. The molecule has 0 spiro atoms. The first-order valence-electron chi connectivity index (χ1n) is 8.08. The molecule has 1 fully saturated rings. The Hall–Kier alpha value is -1.14. The van der Waals surface area contributed by atoms with Crippen molar-refractivity contribution in [2.45, 2.75) is 71.7 Å². The van der Waals surface area contributed by atoms with E-state index in [0.717, 1.165) is 12.8 Å². The van der Waals surface area contributed by atoms with Crippen molar-refractivity contribution in [2.24, 2.45) is 0 Å². The van der Waals surface area contributed by atoms with E-state index in [4.69, 9.17) is 14.0 Å². The molecule has 0 aliphatic carbocycles. The van der Waals surface area contributed by atoms with Crippen LogP contribution in [0.15, 0.2) is 12.1 Å². The molecule has 2 rings (SSSR count). The Balaban J connectivity index is 2.24. The van der Waals surface area contributed by atoms with Crippen molar-refractivity contribution in [1.82, 2.24) is 0 Å². The van der Waals surface area contributed by atoms with E-state index in [2.05, 4.69) is 0 Å². The van der Waals surface area contributed by atoms with Gasteiger partial charge in [-0.1, -0.05) is 13.3 Å². The molecule has 1 aromatic carbocycles. The van der Waals surface area contributed by atoms with Crippen LogP contribution in [-0.4, -0.2) is 24.4 Å². The zero-order valence-corrected chi connectivity index (χ0v) is 14.7. The highest BCUT2D eigenvalue weighted by atomic mass is 19.1. The molecule has 23 heavy (non-hydrogen) atoms. The van der Waals surface area contributed by atoms with Gasteiger partial charge in [0.25, 0.3) is 0 Å². The first-order valence-corrected chi connectivity index (χ1v) is 8.08. The maximum Gasteiger partial charge on any atom is 0.495 e. The molecule has 6 heteroatoms. The lowest BCUT2D eigenvalue weighted by Crippen LogP contribution is -2.41. The minimum atomic E-state index is -0.800. The van der Waals surface area contributed by atoms with Crippen molar-refractivity contribution < 1.29 is 22.8 Å². The van der Waals surface area contributed by atoms with Crippen molar-refractivity contribution in [3.63, 3.8) is 0 Å². The van der Waals surface area contributed by atoms with Gasteiger partial charge in [0, 0.05) is 0 Å². The number of hydrogen-bond acceptors (Lipinski definition) is 3. The van der Waals surface area contributed by atoms with Crippen LogP contribution in [0.4, 0.5) is 8.78 Å². The first kappa shape index (κ1) is 18.2. The first-order chi connectivity index (χ1) is 10.6. The molecule has 1 aliphatic heterocycles. The van der Waals surface area contributed by atoms with Gasteiger partial charge in [0.2, 0.25) is 0 Å². The van der Waals surface area contributed by atoms with Crippen LogP contribution in [0.25, 0.3) is 0 Å². The SMILES string of the molecule is CCC[C@H](C)Oc1c(F)cc(B2OC(C)(C)C(C)(C)O2)cc1F. The van der Waals surface area contributed by atoms with E-state index in [1.807, 2.05) is 34.6 Å². The fourth-order valence-electron chi connectivity index (χ4n) is 2.47. The van der Waals surface area contributed by atoms with Gasteiger partial charge in [0.15, 0.2) is 17.4 Å². The largest absolute Gasteiger partial charge is 0.495 e. The van der Waals surface area contributed by atoms with E-state index in [-0.39, 0.29) is 11.9 Å². The number of rotatable bonds is 5. The minimum Gasteiger partial charge on any atom is -0.485 e. The molecule has 1 aliphatic rings. The number of ether oxygens (including phenoxy) is 1. The van der Waals surface area contributed by atoms with Crippen molar-refractivity contribution in [2.75, 3.05) is 0 Å². The van der Waals surface area contributed by atoms with Crippen LogP contribution in [0, 0.1) is 11.6 Å². The van der Waals surface area contributed by atoms with Crippen molar-refractivity contribution in [1.29, 1.82) is 0 Å². The summed E-state index contributed by atoms with van der Waals surface area (Å²) < 4.78 is 45.6.